The maximum Gasteiger partial charge on any atom is 0.153 e. The molecule has 0 unspecified atom stereocenters. The van der Waals surface area contributed by atoms with Crippen LogP contribution in [0.5, 0.6) is 0 Å². The van der Waals surface area contributed by atoms with Gasteiger partial charge in [-0.15, -0.1) is 12.6 Å². The average molecular weight is 201 g/mol. The predicted octanol–water partition coefficient (Wildman–Crippen LogP) is 3.27. The van der Waals surface area contributed by atoms with Gasteiger partial charge in [-0.05, 0) is 18.2 Å². The number of thiol groups is 1. The number of benzene rings is 1. The van der Waals surface area contributed by atoms with Gasteiger partial charge in [0, 0.05) is 21.9 Å². The lowest BCUT2D eigenvalue weighted by Crippen LogP contribution is -1.70. The van der Waals surface area contributed by atoms with Crippen molar-refractivity contribution >= 4 is 34.6 Å². The van der Waals surface area contributed by atoms with Crippen LogP contribution in [0.25, 0.3) is 21.9 Å². The highest BCUT2D eigenvalue weighted by atomic mass is 32.1. The molecular weight excluding hydrogens is 194 g/mol. The van der Waals surface area contributed by atoms with Gasteiger partial charge in [-0.1, -0.05) is 6.07 Å². The molecule has 3 rings (SSSR count). The van der Waals surface area contributed by atoms with Crippen LogP contribution in [0.2, 0.25) is 0 Å². The molecule has 0 fully saturated rings. The molecule has 14 heavy (non-hydrogen) atoms. The molecule has 0 aliphatic carbocycles. The van der Waals surface area contributed by atoms with Crippen molar-refractivity contribution in [3.8, 4) is 0 Å². The quantitative estimate of drug-likeness (QED) is 0.565. The van der Waals surface area contributed by atoms with Crippen molar-refractivity contribution in [2.45, 2.75) is 4.90 Å². The normalized spacial score (nSPS) is 11.2. The molecule has 0 saturated heterocycles. The van der Waals surface area contributed by atoms with E-state index in [2.05, 4.69) is 17.6 Å². The minimum absolute atomic E-state index is 0.809. The van der Waals surface area contributed by atoms with Gasteiger partial charge in [0.05, 0.1) is 6.20 Å². The van der Waals surface area contributed by atoms with Crippen LogP contribution in [-0.4, -0.2) is 4.98 Å². The third-order valence-corrected chi connectivity index (χ3v) is 2.65. The highest BCUT2D eigenvalue weighted by molar-refractivity contribution is 7.80. The highest BCUT2D eigenvalue weighted by Gasteiger charge is 2.07. The molecule has 0 aliphatic rings. The molecule has 3 aromatic rings. The molecule has 3 heteroatoms. The zero-order valence-corrected chi connectivity index (χ0v) is 8.16. The van der Waals surface area contributed by atoms with Crippen LogP contribution < -0.4 is 0 Å². The van der Waals surface area contributed by atoms with Crippen LogP contribution in [0.15, 0.2) is 46.0 Å². The van der Waals surface area contributed by atoms with Gasteiger partial charge in [0.15, 0.2) is 5.58 Å². The van der Waals surface area contributed by atoms with Crippen molar-refractivity contribution < 1.29 is 4.42 Å². The Balaban J connectivity index is 2.65. The van der Waals surface area contributed by atoms with E-state index in [4.69, 9.17) is 4.42 Å². The van der Waals surface area contributed by atoms with Gasteiger partial charge in [-0.2, -0.15) is 0 Å². The van der Waals surface area contributed by atoms with Gasteiger partial charge in [0.25, 0.3) is 0 Å². The first-order valence-electron chi connectivity index (χ1n) is 4.30. The van der Waals surface area contributed by atoms with E-state index in [-0.39, 0.29) is 0 Å². The average Bonchev–Trinajstić information content (AvgIpc) is 2.57. The lowest BCUT2D eigenvalue weighted by molar-refractivity contribution is 0.666. The minimum atomic E-state index is 0.809. The number of hydrogen-bond acceptors (Lipinski definition) is 3. The van der Waals surface area contributed by atoms with Crippen molar-refractivity contribution in [1.29, 1.82) is 0 Å². The second-order valence-electron chi connectivity index (χ2n) is 3.12. The molecule has 2 nitrogen and oxygen atoms in total. The number of rotatable bonds is 0. The summed E-state index contributed by atoms with van der Waals surface area (Å²) in [6.07, 6.45) is 3.49. The number of fused-ring (bicyclic) bond motifs is 3. The molecule has 2 aromatic heterocycles. The smallest absolute Gasteiger partial charge is 0.153 e. The molecule has 0 amide bonds. The Kier molecular flexibility index (Phi) is 1.55. The van der Waals surface area contributed by atoms with Gasteiger partial charge in [0.2, 0.25) is 0 Å². The summed E-state index contributed by atoms with van der Waals surface area (Å²) in [6.45, 7) is 0. The summed E-state index contributed by atoms with van der Waals surface area (Å²) in [4.78, 5) is 4.96. The van der Waals surface area contributed by atoms with Crippen LogP contribution in [0.4, 0.5) is 0 Å². The molecule has 68 valence electrons. The lowest BCUT2D eigenvalue weighted by Gasteiger charge is -1.92. The first-order chi connectivity index (χ1) is 6.86. The molecule has 2 heterocycles. The summed E-state index contributed by atoms with van der Waals surface area (Å²) in [5.74, 6) is 0. The van der Waals surface area contributed by atoms with E-state index in [1.807, 2.05) is 24.3 Å². The van der Waals surface area contributed by atoms with Crippen LogP contribution in [-0.2, 0) is 0 Å². The summed E-state index contributed by atoms with van der Waals surface area (Å²) in [5.41, 5.74) is 1.67. The zero-order valence-electron chi connectivity index (χ0n) is 7.27. The second-order valence-corrected chi connectivity index (χ2v) is 3.61. The van der Waals surface area contributed by atoms with E-state index in [0.717, 1.165) is 26.8 Å². The maximum absolute atomic E-state index is 5.62. The minimum Gasteiger partial charge on any atom is -0.454 e. The Morgan fingerprint density at radius 1 is 1.14 bits per heavy atom. The lowest BCUT2D eigenvalue weighted by atomic mass is 10.2. The summed E-state index contributed by atoms with van der Waals surface area (Å²) in [5, 5.41) is 2.13. The Bertz CT molecular complexity index is 615. The second kappa shape index (κ2) is 2.75. The molecule has 0 spiro atoms. The Morgan fingerprint density at radius 2 is 2.07 bits per heavy atom. The van der Waals surface area contributed by atoms with Crippen LogP contribution >= 0.6 is 12.6 Å². The summed E-state index contributed by atoms with van der Waals surface area (Å²) in [7, 11) is 0. The fraction of sp³-hybridized carbons (Fsp3) is 0. The molecule has 0 bridgehead atoms. The predicted molar refractivity (Wildman–Crippen MR) is 58.8 cm³/mol. The van der Waals surface area contributed by atoms with E-state index in [0.29, 0.717) is 0 Å². The number of hydrogen-bond donors (Lipinski definition) is 1. The number of furan rings is 1. The van der Waals surface area contributed by atoms with Crippen molar-refractivity contribution in [3.05, 3.63) is 36.7 Å². The van der Waals surface area contributed by atoms with Crippen molar-refractivity contribution in [2.24, 2.45) is 0 Å². The first kappa shape index (κ1) is 7.88. The number of nitrogens with zero attached hydrogens (tertiary/aromatic N) is 1. The Labute approximate surface area is 86.0 Å². The van der Waals surface area contributed by atoms with Gasteiger partial charge in [-0.25, -0.2) is 0 Å². The van der Waals surface area contributed by atoms with Gasteiger partial charge in [0.1, 0.15) is 5.58 Å². The summed E-state index contributed by atoms with van der Waals surface area (Å²) in [6, 6.07) is 7.78. The van der Waals surface area contributed by atoms with Crippen molar-refractivity contribution in [3.63, 3.8) is 0 Å². The monoisotopic (exact) mass is 201 g/mol. The number of pyridine rings is 1. The molecule has 0 saturated carbocycles. The summed E-state index contributed by atoms with van der Waals surface area (Å²) < 4.78 is 5.62. The third-order valence-electron chi connectivity index (χ3n) is 2.28. The fourth-order valence-electron chi connectivity index (χ4n) is 1.66. The molecular formula is C11H7NOS. The largest absolute Gasteiger partial charge is 0.454 e. The van der Waals surface area contributed by atoms with Crippen molar-refractivity contribution in [2.75, 3.05) is 0 Å². The van der Waals surface area contributed by atoms with Crippen LogP contribution in [0, 0.1) is 0 Å². The van der Waals surface area contributed by atoms with Gasteiger partial charge in [-0.3, -0.25) is 4.98 Å². The molecule has 0 aliphatic heterocycles. The van der Waals surface area contributed by atoms with Gasteiger partial charge >= 0.3 is 0 Å². The van der Waals surface area contributed by atoms with E-state index < -0.39 is 0 Å². The molecule has 0 radical (unpaired) electrons. The first-order valence-corrected chi connectivity index (χ1v) is 4.75. The number of aromatic nitrogens is 1. The van der Waals surface area contributed by atoms with Crippen LogP contribution in [0.1, 0.15) is 0 Å². The fourth-order valence-corrected chi connectivity index (χ4v) is 1.98. The maximum atomic E-state index is 5.62. The van der Waals surface area contributed by atoms with Crippen molar-refractivity contribution in [1.82, 2.24) is 4.98 Å². The van der Waals surface area contributed by atoms with E-state index in [9.17, 15) is 0 Å². The zero-order chi connectivity index (χ0) is 9.54. The van der Waals surface area contributed by atoms with E-state index in [1.54, 1.807) is 12.4 Å². The third kappa shape index (κ3) is 0.960. The van der Waals surface area contributed by atoms with Crippen LogP contribution in [0.3, 0.4) is 0 Å². The summed E-state index contributed by atoms with van der Waals surface area (Å²) >= 11 is 4.41. The molecule has 0 N–H and O–H groups in total. The Hall–Kier alpha value is -1.48. The highest BCUT2D eigenvalue weighted by Crippen LogP contribution is 2.31. The van der Waals surface area contributed by atoms with Gasteiger partial charge < -0.3 is 4.42 Å². The topological polar surface area (TPSA) is 26.0 Å². The SMILES string of the molecule is Sc1cccc2oc3cnccc3c12. The Morgan fingerprint density at radius 3 is 3.00 bits per heavy atom. The van der Waals surface area contributed by atoms with E-state index >= 15 is 0 Å². The standard InChI is InChI=1S/C11H7NOS/c14-10-3-1-2-8-11(10)7-4-5-12-6-9(7)13-8/h1-6,14H. The van der Waals surface area contributed by atoms with E-state index in [1.165, 1.54) is 0 Å². The molecule has 0 atom stereocenters. The molecule has 1 aromatic carbocycles.